The number of para-hydroxylation sites is 1. The number of rotatable bonds is 7. The van der Waals surface area contributed by atoms with Crippen LogP contribution >= 0.6 is 0 Å². The van der Waals surface area contributed by atoms with Crippen molar-refractivity contribution in [3.8, 4) is 0 Å². The van der Waals surface area contributed by atoms with Gasteiger partial charge in [0, 0.05) is 37.5 Å². The van der Waals surface area contributed by atoms with Crippen LogP contribution in [-0.2, 0) is 11.2 Å². The van der Waals surface area contributed by atoms with Crippen molar-refractivity contribution in [2.45, 2.75) is 26.2 Å². The molecule has 0 aliphatic carbocycles. The summed E-state index contributed by atoms with van der Waals surface area (Å²) in [4.78, 5) is 39.5. The van der Waals surface area contributed by atoms with Gasteiger partial charge in [0.15, 0.2) is 0 Å². The van der Waals surface area contributed by atoms with Gasteiger partial charge in [-0.3, -0.25) is 19.7 Å². The maximum atomic E-state index is 12.8. The number of hydrogen-bond acceptors (Lipinski definition) is 5. The minimum Gasteiger partial charge on any atom is -0.366 e. The summed E-state index contributed by atoms with van der Waals surface area (Å²) in [6, 6.07) is 12.0. The van der Waals surface area contributed by atoms with Crippen molar-refractivity contribution in [3.63, 3.8) is 0 Å². The van der Waals surface area contributed by atoms with Gasteiger partial charge < -0.3 is 15.1 Å². The van der Waals surface area contributed by atoms with Crippen LogP contribution in [0.15, 0.2) is 42.5 Å². The van der Waals surface area contributed by atoms with Crippen LogP contribution in [0.1, 0.15) is 35.7 Å². The fourth-order valence-electron chi connectivity index (χ4n) is 3.68. The molecule has 2 amide bonds. The Hall–Kier alpha value is -3.42. The Morgan fingerprint density at radius 2 is 1.87 bits per heavy atom. The van der Waals surface area contributed by atoms with Gasteiger partial charge in [0.25, 0.3) is 11.6 Å². The van der Waals surface area contributed by atoms with E-state index in [1.54, 1.807) is 12.1 Å². The van der Waals surface area contributed by atoms with Gasteiger partial charge in [-0.2, -0.15) is 0 Å². The molecule has 0 spiro atoms. The van der Waals surface area contributed by atoms with Gasteiger partial charge in [0.1, 0.15) is 5.69 Å². The van der Waals surface area contributed by atoms with Crippen molar-refractivity contribution in [3.05, 3.63) is 63.7 Å². The molecule has 0 saturated carbocycles. The van der Waals surface area contributed by atoms with Gasteiger partial charge in [-0.05, 0) is 43.0 Å². The third-order valence-corrected chi connectivity index (χ3v) is 5.27. The smallest absolute Gasteiger partial charge is 0.293 e. The van der Waals surface area contributed by atoms with Crippen molar-refractivity contribution < 1.29 is 14.5 Å². The van der Waals surface area contributed by atoms with Crippen LogP contribution in [0.25, 0.3) is 0 Å². The quantitative estimate of drug-likeness (QED) is 0.557. The maximum absolute atomic E-state index is 12.8. The molecule has 0 aromatic heterocycles. The molecule has 1 aliphatic heterocycles. The van der Waals surface area contributed by atoms with Crippen molar-refractivity contribution in [2.75, 3.05) is 36.9 Å². The highest BCUT2D eigenvalue weighted by Crippen LogP contribution is 2.32. The molecule has 0 bridgehead atoms. The zero-order valence-corrected chi connectivity index (χ0v) is 17.3. The monoisotopic (exact) mass is 410 g/mol. The lowest BCUT2D eigenvalue weighted by Crippen LogP contribution is -2.35. The molecule has 2 aromatic carbocycles. The Labute approximate surface area is 175 Å². The van der Waals surface area contributed by atoms with Crippen LogP contribution in [0.2, 0.25) is 0 Å². The van der Waals surface area contributed by atoms with Crippen LogP contribution in [0.5, 0.6) is 0 Å². The van der Waals surface area contributed by atoms with E-state index in [2.05, 4.69) is 5.32 Å². The van der Waals surface area contributed by atoms with E-state index in [0.29, 0.717) is 5.69 Å². The lowest BCUT2D eigenvalue weighted by molar-refractivity contribution is -0.384. The highest BCUT2D eigenvalue weighted by Gasteiger charge is 2.25. The third-order valence-electron chi connectivity index (χ3n) is 5.27. The standard InChI is InChI=1S/C22H26N4O4/c1-3-16-8-4-5-9-18(16)23-21(27)15-24(2)22(28)17-10-11-19(20(14-17)26(29)30)25-12-6-7-13-25/h4-5,8-11,14H,3,6-7,12-13,15H2,1-2H3,(H,23,27). The molecule has 30 heavy (non-hydrogen) atoms. The summed E-state index contributed by atoms with van der Waals surface area (Å²) in [5, 5.41) is 14.4. The molecule has 1 aliphatic rings. The lowest BCUT2D eigenvalue weighted by atomic mass is 10.1. The first kappa shape index (κ1) is 21.3. The molecule has 0 unspecified atom stereocenters. The number of nitro groups is 1. The van der Waals surface area contributed by atoms with Gasteiger partial charge in [0.05, 0.1) is 11.5 Å². The van der Waals surface area contributed by atoms with Gasteiger partial charge in [0.2, 0.25) is 5.91 Å². The summed E-state index contributed by atoms with van der Waals surface area (Å²) >= 11 is 0. The number of nitro benzene ring substituents is 1. The maximum Gasteiger partial charge on any atom is 0.293 e. The van der Waals surface area contributed by atoms with Gasteiger partial charge in [-0.15, -0.1) is 0 Å². The van der Waals surface area contributed by atoms with Gasteiger partial charge in [-0.25, -0.2) is 0 Å². The molecule has 1 fully saturated rings. The highest BCUT2D eigenvalue weighted by molar-refractivity contribution is 6.00. The summed E-state index contributed by atoms with van der Waals surface area (Å²) in [7, 11) is 1.51. The number of anilines is 2. The van der Waals surface area contributed by atoms with E-state index >= 15 is 0 Å². The number of nitrogens with one attached hydrogen (secondary N) is 1. The largest absolute Gasteiger partial charge is 0.366 e. The van der Waals surface area contributed by atoms with Crippen molar-refractivity contribution in [2.24, 2.45) is 0 Å². The average Bonchev–Trinajstić information content (AvgIpc) is 3.27. The number of carbonyl (C=O) groups is 2. The molecule has 1 saturated heterocycles. The number of benzene rings is 2. The number of aryl methyl sites for hydroxylation is 1. The Balaban J connectivity index is 1.71. The van der Waals surface area contributed by atoms with Crippen LogP contribution < -0.4 is 10.2 Å². The average molecular weight is 410 g/mol. The second-order valence-corrected chi connectivity index (χ2v) is 7.37. The number of amides is 2. The number of hydrogen-bond donors (Lipinski definition) is 1. The first-order valence-corrected chi connectivity index (χ1v) is 10.1. The molecule has 8 heteroatoms. The summed E-state index contributed by atoms with van der Waals surface area (Å²) in [5.74, 6) is -0.764. The second-order valence-electron chi connectivity index (χ2n) is 7.37. The van der Waals surface area contributed by atoms with Crippen LogP contribution in [-0.4, -0.2) is 48.3 Å². The molecule has 2 aromatic rings. The van der Waals surface area contributed by atoms with E-state index in [9.17, 15) is 19.7 Å². The van der Waals surface area contributed by atoms with E-state index in [1.807, 2.05) is 36.1 Å². The van der Waals surface area contributed by atoms with Crippen molar-refractivity contribution in [1.82, 2.24) is 4.90 Å². The molecule has 0 atom stereocenters. The summed E-state index contributed by atoms with van der Waals surface area (Å²) in [5.41, 5.74) is 2.36. The normalized spacial score (nSPS) is 13.2. The topological polar surface area (TPSA) is 95.8 Å². The van der Waals surface area contributed by atoms with Crippen molar-refractivity contribution >= 4 is 28.9 Å². The van der Waals surface area contributed by atoms with E-state index < -0.39 is 10.8 Å². The summed E-state index contributed by atoms with van der Waals surface area (Å²) < 4.78 is 0. The lowest BCUT2D eigenvalue weighted by Gasteiger charge is -2.20. The zero-order valence-electron chi connectivity index (χ0n) is 17.3. The number of nitrogens with zero attached hydrogens (tertiary/aromatic N) is 3. The van der Waals surface area contributed by atoms with Gasteiger partial charge in [-0.1, -0.05) is 25.1 Å². The van der Waals surface area contributed by atoms with Crippen LogP contribution in [0.3, 0.4) is 0 Å². The Morgan fingerprint density at radius 3 is 2.53 bits per heavy atom. The highest BCUT2D eigenvalue weighted by atomic mass is 16.6. The third kappa shape index (κ3) is 4.76. The number of likely N-dealkylation sites (N-methyl/N-ethyl adjacent to an activating group) is 1. The van der Waals surface area contributed by atoms with Crippen LogP contribution in [0.4, 0.5) is 17.1 Å². The molecule has 8 nitrogen and oxygen atoms in total. The molecule has 158 valence electrons. The van der Waals surface area contributed by atoms with E-state index in [4.69, 9.17) is 0 Å². The molecular formula is C22H26N4O4. The molecular weight excluding hydrogens is 384 g/mol. The predicted octanol–water partition coefficient (Wildman–Crippen LogP) is 3.47. The van der Waals surface area contributed by atoms with E-state index in [-0.39, 0.29) is 23.7 Å². The first-order chi connectivity index (χ1) is 14.4. The SMILES string of the molecule is CCc1ccccc1NC(=O)CN(C)C(=O)c1ccc(N2CCCC2)c([N+](=O)[O-])c1. The second kappa shape index (κ2) is 9.39. The molecule has 1 N–H and O–H groups in total. The van der Waals surface area contributed by atoms with E-state index in [1.165, 1.54) is 18.0 Å². The molecule has 3 rings (SSSR count). The summed E-state index contributed by atoms with van der Waals surface area (Å²) in [6.45, 7) is 3.39. The molecule has 1 heterocycles. The minimum atomic E-state index is -0.460. The molecule has 0 radical (unpaired) electrons. The Kier molecular flexibility index (Phi) is 6.66. The van der Waals surface area contributed by atoms with Crippen LogP contribution in [0, 0.1) is 10.1 Å². The zero-order chi connectivity index (χ0) is 21.7. The summed E-state index contributed by atoms with van der Waals surface area (Å²) in [6.07, 6.45) is 2.77. The minimum absolute atomic E-state index is 0.0857. The van der Waals surface area contributed by atoms with Gasteiger partial charge >= 0.3 is 0 Å². The Bertz CT molecular complexity index is 954. The van der Waals surface area contributed by atoms with E-state index in [0.717, 1.165) is 43.6 Å². The first-order valence-electron chi connectivity index (χ1n) is 10.1. The number of carbonyl (C=O) groups excluding carboxylic acids is 2. The van der Waals surface area contributed by atoms with Crippen molar-refractivity contribution in [1.29, 1.82) is 0 Å². The Morgan fingerprint density at radius 1 is 1.17 bits per heavy atom. The fourth-order valence-corrected chi connectivity index (χ4v) is 3.68. The fraction of sp³-hybridized carbons (Fsp3) is 0.364. The predicted molar refractivity (Wildman–Crippen MR) is 116 cm³/mol.